The number of thiazole rings is 1. The molecule has 5 aromatic rings. The predicted octanol–water partition coefficient (Wildman–Crippen LogP) is 6.43. The van der Waals surface area contributed by atoms with Gasteiger partial charge in [-0.2, -0.15) is 4.57 Å². The molecule has 0 fully saturated rings. The fourth-order valence-electron chi connectivity index (χ4n) is 5.80. The highest BCUT2D eigenvalue weighted by Gasteiger charge is 2.29. The minimum Gasteiger partial charge on any atom is -0.744 e. The van der Waals surface area contributed by atoms with E-state index >= 15 is 0 Å². The lowest BCUT2D eigenvalue weighted by atomic mass is 10.1. The van der Waals surface area contributed by atoms with Crippen LogP contribution in [0.4, 0.5) is 11.4 Å². The first kappa shape index (κ1) is 29.0. The molecular weight excluding hydrogens is 607 g/mol. The first-order valence-electron chi connectivity index (χ1n) is 14.4. The summed E-state index contributed by atoms with van der Waals surface area (Å²) in [6.07, 6.45) is 11.9. The molecule has 0 unspecified atom stereocenters. The van der Waals surface area contributed by atoms with E-state index in [1.807, 2.05) is 77.2 Å². The molecule has 0 spiro atoms. The lowest BCUT2D eigenvalue weighted by molar-refractivity contribution is -0.703. The Morgan fingerprint density at radius 1 is 1.07 bits per heavy atom. The molecule has 4 aromatic carbocycles. The Balaban J connectivity index is 1.31. The van der Waals surface area contributed by atoms with Crippen molar-refractivity contribution in [2.45, 2.75) is 25.1 Å². The van der Waals surface area contributed by atoms with E-state index in [1.165, 1.54) is 6.07 Å². The summed E-state index contributed by atoms with van der Waals surface area (Å²) in [6.45, 7) is 2.59. The van der Waals surface area contributed by atoms with Crippen LogP contribution in [-0.4, -0.2) is 24.6 Å². The lowest BCUT2D eigenvalue weighted by Crippen LogP contribution is -2.35. The SMILES string of the molecule is CC(/C=C1\Oc2ccc(N3C=CC=CC3)cc2N1Cc1ccccc1S(=O)(=O)[O-])=C\c1sc2ccc3ccccc3c2[n+]1CO. The summed E-state index contributed by atoms with van der Waals surface area (Å²) in [5.74, 6) is 1.11. The number of benzene rings is 4. The van der Waals surface area contributed by atoms with E-state index in [2.05, 4.69) is 35.2 Å². The van der Waals surface area contributed by atoms with Crippen LogP contribution < -0.4 is 19.1 Å². The van der Waals surface area contributed by atoms with Crippen LogP contribution in [0.1, 0.15) is 17.5 Å². The second-order valence-electron chi connectivity index (χ2n) is 10.8. The molecule has 226 valence electrons. The highest BCUT2D eigenvalue weighted by molar-refractivity contribution is 7.85. The zero-order chi connectivity index (χ0) is 31.1. The molecule has 7 rings (SSSR count). The first-order chi connectivity index (χ1) is 21.8. The number of aromatic nitrogens is 1. The number of nitrogens with zero attached hydrogens (tertiary/aromatic N) is 3. The molecule has 0 amide bonds. The number of fused-ring (bicyclic) bond motifs is 4. The third-order valence-electron chi connectivity index (χ3n) is 7.89. The van der Waals surface area contributed by atoms with Gasteiger partial charge in [0.15, 0.2) is 5.75 Å². The third-order valence-corrected chi connectivity index (χ3v) is 9.92. The van der Waals surface area contributed by atoms with Crippen molar-refractivity contribution in [3.63, 3.8) is 0 Å². The van der Waals surface area contributed by atoms with Gasteiger partial charge < -0.3 is 24.2 Å². The zero-order valence-electron chi connectivity index (χ0n) is 24.3. The second-order valence-corrected chi connectivity index (χ2v) is 13.2. The Morgan fingerprint density at radius 3 is 2.69 bits per heavy atom. The molecular formula is C35H29N3O5S2. The highest BCUT2D eigenvalue weighted by Crippen LogP contribution is 2.43. The number of rotatable bonds is 7. The maximum atomic E-state index is 12.1. The molecule has 0 aliphatic carbocycles. The van der Waals surface area contributed by atoms with Crippen LogP contribution in [0.2, 0.25) is 0 Å². The van der Waals surface area contributed by atoms with Gasteiger partial charge >= 0.3 is 0 Å². The van der Waals surface area contributed by atoms with Gasteiger partial charge in [-0.1, -0.05) is 66.0 Å². The Hall–Kier alpha value is -4.74. The van der Waals surface area contributed by atoms with E-state index in [1.54, 1.807) is 29.5 Å². The lowest BCUT2D eigenvalue weighted by Gasteiger charge is -2.24. The molecule has 0 saturated carbocycles. The summed E-state index contributed by atoms with van der Waals surface area (Å²) in [6, 6.07) is 24.4. The average Bonchev–Trinajstić information content (AvgIpc) is 3.57. The van der Waals surface area contributed by atoms with E-state index in [-0.39, 0.29) is 18.2 Å². The van der Waals surface area contributed by atoms with E-state index in [4.69, 9.17) is 4.74 Å². The number of aliphatic hydroxyl groups excluding tert-OH is 1. The molecule has 1 N–H and O–H groups in total. The maximum absolute atomic E-state index is 12.1. The van der Waals surface area contributed by atoms with E-state index < -0.39 is 10.1 Å². The zero-order valence-corrected chi connectivity index (χ0v) is 26.0. The van der Waals surface area contributed by atoms with Gasteiger partial charge in [0, 0.05) is 30.6 Å². The summed E-state index contributed by atoms with van der Waals surface area (Å²) in [5, 5.41) is 13.5. The van der Waals surface area contributed by atoms with Crippen LogP contribution in [0, 0.1) is 0 Å². The quantitative estimate of drug-likeness (QED) is 0.163. The molecule has 2 aliphatic heterocycles. The van der Waals surface area contributed by atoms with Crippen molar-refractivity contribution in [3.05, 3.63) is 131 Å². The summed E-state index contributed by atoms with van der Waals surface area (Å²) in [7, 11) is -4.69. The number of allylic oxidation sites excluding steroid dienone is 4. The molecule has 45 heavy (non-hydrogen) atoms. The summed E-state index contributed by atoms with van der Waals surface area (Å²) in [4.78, 5) is 3.73. The largest absolute Gasteiger partial charge is 0.744 e. The van der Waals surface area contributed by atoms with Gasteiger partial charge in [0.2, 0.25) is 11.4 Å². The van der Waals surface area contributed by atoms with Gasteiger partial charge in [0.05, 0.1) is 22.5 Å². The Kier molecular flexibility index (Phi) is 7.50. The van der Waals surface area contributed by atoms with E-state index in [0.29, 0.717) is 23.7 Å². The summed E-state index contributed by atoms with van der Waals surface area (Å²) < 4.78 is 45.7. The molecule has 0 bridgehead atoms. The molecule has 8 nitrogen and oxygen atoms in total. The van der Waals surface area contributed by atoms with Crippen LogP contribution in [0.15, 0.2) is 126 Å². The fourth-order valence-corrected chi connectivity index (χ4v) is 7.68. The second kappa shape index (κ2) is 11.6. The van der Waals surface area contributed by atoms with Gasteiger partial charge in [-0.05, 0) is 65.9 Å². The van der Waals surface area contributed by atoms with Crippen molar-refractivity contribution in [2.75, 3.05) is 16.3 Å². The van der Waals surface area contributed by atoms with Crippen molar-refractivity contribution < 1.29 is 27.4 Å². The molecule has 3 heterocycles. The fraction of sp³-hybridized carbons (Fsp3) is 0.114. The summed E-state index contributed by atoms with van der Waals surface area (Å²) >= 11 is 1.59. The minimum absolute atomic E-state index is 0.106. The molecule has 10 heteroatoms. The van der Waals surface area contributed by atoms with Crippen LogP contribution in [-0.2, 0) is 23.4 Å². The van der Waals surface area contributed by atoms with Gasteiger partial charge in [0.25, 0.3) is 11.7 Å². The molecule has 0 atom stereocenters. The van der Waals surface area contributed by atoms with Crippen molar-refractivity contribution in [1.29, 1.82) is 0 Å². The van der Waals surface area contributed by atoms with Crippen LogP contribution in [0.3, 0.4) is 0 Å². The van der Waals surface area contributed by atoms with Crippen molar-refractivity contribution in [2.24, 2.45) is 0 Å². The first-order valence-corrected chi connectivity index (χ1v) is 16.6. The van der Waals surface area contributed by atoms with Gasteiger partial charge in [-0.15, -0.1) is 0 Å². The predicted molar refractivity (Wildman–Crippen MR) is 177 cm³/mol. The van der Waals surface area contributed by atoms with Gasteiger partial charge in [-0.3, -0.25) is 0 Å². The minimum atomic E-state index is -4.69. The van der Waals surface area contributed by atoms with E-state index in [0.717, 1.165) is 42.9 Å². The van der Waals surface area contributed by atoms with Crippen LogP contribution in [0.25, 0.3) is 27.1 Å². The number of hydrogen-bond donors (Lipinski definition) is 1. The smallest absolute Gasteiger partial charge is 0.265 e. The Morgan fingerprint density at radius 2 is 1.89 bits per heavy atom. The monoisotopic (exact) mass is 635 g/mol. The van der Waals surface area contributed by atoms with Gasteiger partial charge in [0.1, 0.15) is 14.8 Å². The third kappa shape index (κ3) is 5.53. The Labute approximate surface area is 265 Å². The maximum Gasteiger partial charge on any atom is 0.265 e. The molecule has 0 radical (unpaired) electrons. The molecule has 0 saturated heterocycles. The van der Waals surface area contributed by atoms with Crippen LogP contribution in [0.5, 0.6) is 5.75 Å². The number of anilines is 2. The number of ether oxygens (including phenoxy) is 1. The number of aliphatic hydroxyl groups is 1. The van der Waals surface area contributed by atoms with Crippen molar-refractivity contribution >= 4 is 59.9 Å². The Bertz CT molecular complexity index is 2200. The van der Waals surface area contributed by atoms with Gasteiger partial charge in [-0.25, -0.2) is 8.42 Å². The standard InChI is InChI=1S/C35H29N3O5S2/c1-24(20-34-38(23-39)35-28-11-5-3-9-25(28)13-16-31(35)44-34)19-33-37(22-26-10-4-6-12-32(26)45(40,41)42)29-21-27(14-15-30(29)43-33)36-17-7-2-8-18-36/h2-17,19-21,39H,18,22-23H2,1H3. The van der Waals surface area contributed by atoms with Crippen molar-refractivity contribution in [1.82, 2.24) is 0 Å². The number of hydrogen-bond acceptors (Lipinski definition) is 8. The average molecular weight is 636 g/mol. The molecule has 2 aliphatic rings. The van der Waals surface area contributed by atoms with Crippen molar-refractivity contribution in [3.8, 4) is 5.75 Å². The van der Waals surface area contributed by atoms with E-state index in [9.17, 15) is 18.1 Å². The highest BCUT2D eigenvalue weighted by atomic mass is 32.2. The normalized spacial score (nSPS) is 15.8. The molecule has 1 aromatic heterocycles. The summed E-state index contributed by atoms with van der Waals surface area (Å²) in [5.41, 5.74) is 3.91. The topological polar surface area (TPSA) is 97.0 Å². The van der Waals surface area contributed by atoms with Crippen LogP contribution >= 0.6 is 11.3 Å².